The Bertz CT molecular complexity index is 103. The summed E-state index contributed by atoms with van der Waals surface area (Å²) in [5, 5.41) is 8.21. The van der Waals surface area contributed by atoms with Crippen LogP contribution in [0.15, 0.2) is 0 Å². The first kappa shape index (κ1) is 9.39. The molecule has 0 aromatic carbocycles. The van der Waals surface area contributed by atoms with Crippen molar-refractivity contribution in [3.63, 3.8) is 0 Å². The summed E-state index contributed by atoms with van der Waals surface area (Å²) in [7, 11) is 0. The summed E-state index contributed by atoms with van der Waals surface area (Å²) in [6, 6.07) is 0. The van der Waals surface area contributed by atoms with E-state index in [1.54, 1.807) is 0 Å². The van der Waals surface area contributed by atoms with Crippen LogP contribution < -0.4 is 29.6 Å². The molecule has 9 heavy (non-hydrogen) atoms. The van der Waals surface area contributed by atoms with Crippen molar-refractivity contribution in [3.05, 3.63) is 0 Å². The molecule has 48 valence electrons. The van der Waals surface area contributed by atoms with E-state index in [0.717, 1.165) is 0 Å². The van der Waals surface area contributed by atoms with Crippen molar-refractivity contribution in [2.45, 2.75) is 6.10 Å². The minimum Gasteiger partial charge on any atom is -1.00 e. The van der Waals surface area contributed by atoms with Gasteiger partial charge in [-0.1, -0.05) is 0 Å². The van der Waals surface area contributed by atoms with Gasteiger partial charge in [-0.25, -0.2) is 4.79 Å². The van der Waals surface area contributed by atoms with Crippen molar-refractivity contribution < 1.29 is 50.4 Å². The average Bonchev–Trinajstić information content (AvgIpc) is 2.12. The molecule has 1 aliphatic rings. The molecule has 1 aliphatic heterocycles. The van der Waals surface area contributed by atoms with E-state index in [9.17, 15) is 4.79 Å². The van der Waals surface area contributed by atoms with Gasteiger partial charge in [-0.05, 0) is 0 Å². The summed E-state index contributed by atoms with van der Waals surface area (Å²) in [6.07, 6.45) is -0.741. The van der Waals surface area contributed by atoms with Gasteiger partial charge in [-0.2, -0.15) is 0 Å². The number of carbonyl (C=O) groups is 1. The minimum atomic E-state index is -0.956. The van der Waals surface area contributed by atoms with Gasteiger partial charge in [0.25, 0.3) is 0 Å². The molecule has 1 fully saturated rings. The molecule has 1 N–H and O–H groups in total. The third kappa shape index (κ3) is 2.64. The molecular formula is C4H7NaO4. The van der Waals surface area contributed by atoms with Crippen molar-refractivity contribution in [1.29, 1.82) is 0 Å². The molecule has 1 unspecified atom stereocenters. The number of hydrogen-bond donors (Lipinski definition) is 1. The van der Waals surface area contributed by atoms with Crippen LogP contribution in [0.3, 0.4) is 0 Å². The van der Waals surface area contributed by atoms with Crippen molar-refractivity contribution in [1.82, 2.24) is 0 Å². The third-order valence-electron chi connectivity index (χ3n) is 0.897. The first-order valence-electron chi connectivity index (χ1n) is 2.23. The van der Waals surface area contributed by atoms with Gasteiger partial charge in [0.2, 0.25) is 0 Å². The maximum atomic E-state index is 10.00. The normalized spacial score (nSPS) is 25.1. The van der Waals surface area contributed by atoms with E-state index < -0.39 is 12.1 Å². The Balaban J connectivity index is 0. The Morgan fingerprint density at radius 3 is 2.67 bits per heavy atom. The van der Waals surface area contributed by atoms with Gasteiger partial charge in [-0.3, -0.25) is 0 Å². The molecule has 0 radical (unpaired) electrons. The van der Waals surface area contributed by atoms with Crippen LogP contribution in [0.2, 0.25) is 0 Å². The molecule has 4 nitrogen and oxygen atoms in total. The van der Waals surface area contributed by atoms with Gasteiger partial charge in [0.05, 0.1) is 6.61 Å². The van der Waals surface area contributed by atoms with Gasteiger partial charge in [0, 0.05) is 0 Å². The van der Waals surface area contributed by atoms with E-state index in [2.05, 4.69) is 9.47 Å². The van der Waals surface area contributed by atoms with E-state index in [-0.39, 0.29) is 44.4 Å². The monoisotopic (exact) mass is 142 g/mol. The Morgan fingerprint density at radius 2 is 2.44 bits per heavy atom. The molecule has 1 heterocycles. The largest absolute Gasteiger partial charge is 1.00 e. The Morgan fingerprint density at radius 1 is 1.78 bits per heavy atom. The molecule has 0 amide bonds. The summed E-state index contributed by atoms with van der Waals surface area (Å²) in [5.74, 6) is -0.956. The van der Waals surface area contributed by atoms with E-state index >= 15 is 0 Å². The summed E-state index contributed by atoms with van der Waals surface area (Å²) in [6.45, 7) is 0.284. The fourth-order valence-electron chi connectivity index (χ4n) is 0.476. The number of aliphatic carboxylic acids is 1. The van der Waals surface area contributed by atoms with Crippen molar-refractivity contribution in [3.8, 4) is 0 Å². The molecule has 0 aliphatic carbocycles. The average molecular weight is 142 g/mol. The van der Waals surface area contributed by atoms with Crippen LogP contribution in [0.25, 0.3) is 0 Å². The van der Waals surface area contributed by atoms with E-state index in [4.69, 9.17) is 5.11 Å². The summed E-state index contributed by atoms with van der Waals surface area (Å²) < 4.78 is 9.21. The number of carboxylic acid groups (broad SMARTS) is 1. The first-order valence-corrected chi connectivity index (χ1v) is 2.23. The molecular weight excluding hydrogens is 135 g/mol. The SMILES string of the molecule is O=C(O)C1COCO1.[H-].[Na+]. The molecule has 1 saturated heterocycles. The predicted octanol–water partition coefficient (Wildman–Crippen LogP) is -3.44. The van der Waals surface area contributed by atoms with E-state index in [1.807, 2.05) is 0 Å². The van der Waals surface area contributed by atoms with Gasteiger partial charge in [-0.15, -0.1) is 0 Å². The Labute approximate surface area is 75.9 Å². The van der Waals surface area contributed by atoms with Crippen LogP contribution in [0, 0.1) is 0 Å². The van der Waals surface area contributed by atoms with E-state index in [1.165, 1.54) is 0 Å². The van der Waals surface area contributed by atoms with Gasteiger partial charge in [0.15, 0.2) is 6.10 Å². The molecule has 1 rings (SSSR count). The summed E-state index contributed by atoms with van der Waals surface area (Å²) in [5.41, 5.74) is 0. The Kier molecular flexibility index (Phi) is 4.43. The zero-order valence-electron chi connectivity index (χ0n) is 6.16. The third-order valence-corrected chi connectivity index (χ3v) is 0.897. The topological polar surface area (TPSA) is 55.8 Å². The quantitative estimate of drug-likeness (QED) is 0.387. The maximum absolute atomic E-state index is 10.00. The second-order valence-corrected chi connectivity index (χ2v) is 1.48. The number of carboxylic acids is 1. The minimum absolute atomic E-state index is 0. The molecule has 0 bridgehead atoms. The Hall–Kier alpha value is 0.390. The van der Waals surface area contributed by atoms with E-state index in [0.29, 0.717) is 0 Å². The first-order chi connectivity index (χ1) is 3.80. The van der Waals surface area contributed by atoms with Crippen molar-refractivity contribution in [2.75, 3.05) is 13.4 Å². The zero-order chi connectivity index (χ0) is 5.98. The molecule has 5 heteroatoms. The van der Waals surface area contributed by atoms with Gasteiger partial charge >= 0.3 is 35.5 Å². The smallest absolute Gasteiger partial charge is 1.00 e. The second kappa shape index (κ2) is 4.24. The van der Waals surface area contributed by atoms with Crippen LogP contribution in [0.5, 0.6) is 0 Å². The molecule has 0 aromatic rings. The fourth-order valence-corrected chi connectivity index (χ4v) is 0.476. The standard InChI is InChI=1S/C4H6O4.Na.H/c5-4(6)3-1-7-2-8-3;;/h3H,1-2H2,(H,5,6);;/q;+1;-1. The molecule has 0 spiro atoms. The van der Waals surface area contributed by atoms with Crippen molar-refractivity contribution in [2.24, 2.45) is 0 Å². The van der Waals surface area contributed by atoms with Crippen LogP contribution in [0.4, 0.5) is 0 Å². The molecule has 1 atom stereocenters. The van der Waals surface area contributed by atoms with Crippen molar-refractivity contribution >= 4 is 5.97 Å². The van der Waals surface area contributed by atoms with Gasteiger partial charge < -0.3 is 16.0 Å². The zero-order valence-corrected chi connectivity index (χ0v) is 7.16. The van der Waals surface area contributed by atoms with Crippen LogP contribution in [-0.4, -0.2) is 30.6 Å². The maximum Gasteiger partial charge on any atom is 1.00 e. The van der Waals surface area contributed by atoms with Gasteiger partial charge in [0.1, 0.15) is 6.79 Å². The molecule has 0 aromatic heterocycles. The second-order valence-electron chi connectivity index (χ2n) is 1.48. The number of hydrogen-bond acceptors (Lipinski definition) is 3. The predicted molar refractivity (Wildman–Crippen MR) is 24.4 cm³/mol. The van der Waals surface area contributed by atoms with Crippen LogP contribution in [0.1, 0.15) is 1.43 Å². The summed E-state index contributed by atoms with van der Waals surface area (Å²) in [4.78, 5) is 10.00. The van der Waals surface area contributed by atoms with Crippen LogP contribution in [-0.2, 0) is 14.3 Å². The fraction of sp³-hybridized carbons (Fsp3) is 0.750. The van der Waals surface area contributed by atoms with Crippen LogP contribution >= 0.6 is 0 Å². The number of ether oxygens (including phenoxy) is 2. The summed E-state index contributed by atoms with van der Waals surface area (Å²) >= 11 is 0. The number of rotatable bonds is 1. The molecule has 0 saturated carbocycles.